The fourth-order valence-corrected chi connectivity index (χ4v) is 4.27. The number of ketones is 1. The highest BCUT2D eigenvalue weighted by Crippen LogP contribution is 2.27. The molecule has 1 atom stereocenters. The number of amides is 2. The molecule has 0 bridgehead atoms. The van der Waals surface area contributed by atoms with Crippen LogP contribution in [0.5, 0.6) is 0 Å². The van der Waals surface area contributed by atoms with Crippen molar-refractivity contribution < 1.29 is 19.1 Å². The van der Waals surface area contributed by atoms with Crippen LogP contribution in [-0.4, -0.2) is 84.9 Å². The number of nitrogens with zero attached hydrogens (tertiary/aromatic N) is 3. The summed E-state index contributed by atoms with van der Waals surface area (Å²) in [6.07, 6.45) is 3.72. The smallest absolute Gasteiger partial charge is 0.287 e. The monoisotopic (exact) mass is 421 g/mol. The maximum atomic E-state index is 13.0. The molecule has 1 unspecified atom stereocenters. The normalized spacial score (nSPS) is 21.5. The zero-order valence-corrected chi connectivity index (χ0v) is 18.6. The Morgan fingerprint density at radius 2 is 1.77 bits per heavy atom. The molecule has 0 saturated carbocycles. The lowest BCUT2D eigenvalue weighted by atomic mass is 9.84. The summed E-state index contributed by atoms with van der Waals surface area (Å²) in [5.74, 6) is -1.20. The second-order valence-corrected chi connectivity index (χ2v) is 8.90. The highest BCUT2D eigenvalue weighted by molar-refractivity contribution is 5.94. The van der Waals surface area contributed by atoms with Gasteiger partial charge in [-0.2, -0.15) is 5.26 Å². The molecule has 2 N–H and O–H groups in total. The molecule has 0 aliphatic carbocycles. The Labute approximate surface area is 179 Å². The number of nitrogens with one attached hydrogen (secondary N) is 2. The van der Waals surface area contributed by atoms with Gasteiger partial charge in [-0.05, 0) is 52.7 Å². The number of nitriles is 1. The zero-order valence-electron chi connectivity index (χ0n) is 18.6. The molecule has 2 aliphatic rings. The van der Waals surface area contributed by atoms with Crippen molar-refractivity contribution in [2.45, 2.75) is 64.1 Å². The van der Waals surface area contributed by atoms with Crippen LogP contribution < -0.4 is 10.6 Å². The fraction of sp³-hybridized carbons (Fsp3) is 0.810. The van der Waals surface area contributed by atoms with Gasteiger partial charge in [0.1, 0.15) is 11.3 Å². The first kappa shape index (κ1) is 24.1. The van der Waals surface area contributed by atoms with E-state index in [1.165, 1.54) is 6.92 Å². The van der Waals surface area contributed by atoms with Gasteiger partial charge < -0.3 is 25.2 Å². The Balaban J connectivity index is 2.11. The first-order valence-corrected chi connectivity index (χ1v) is 10.8. The number of carbonyl (C=O) groups is 3. The number of rotatable bonds is 8. The Morgan fingerprint density at radius 3 is 2.27 bits per heavy atom. The first-order chi connectivity index (χ1) is 14.2. The summed E-state index contributed by atoms with van der Waals surface area (Å²) in [7, 11) is 2.13. The molecule has 0 aromatic rings. The molecule has 2 amide bonds. The maximum absolute atomic E-state index is 13.0. The molecular formula is C21H35N5O4. The third-order valence-electron chi connectivity index (χ3n) is 6.19. The largest absolute Gasteiger partial charge is 0.414 e. The van der Waals surface area contributed by atoms with Gasteiger partial charge >= 0.3 is 0 Å². The van der Waals surface area contributed by atoms with E-state index < -0.39 is 17.6 Å². The minimum atomic E-state index is -1.11. The van der Waals surface area contributed by atoms with Gasteiger partial charge in [0.05, 0.1) is 6.54 Å². The zero-order chi connectivity index (χ0) is 22.3. The van der Waals surface area contributed by atoms with Crippen molar-refractivity contribution in [2.24, 2.45) is 5.92 Å². The molecule has 9 heteroatoms. The predicted molar refractivity (Wildman–Crippen MR) is 111 cm³/mol. The van der Waals surface area contributed by atoms with Crippen molar-refractivity contribution >= 4 is 17.6 Å². The summed E-state index contributed by atoms with van der Waals surface area (Å²) in [6, 6.07) is 0.487. The lowest BCUT2D eigenvalue weighted by Gasteiger charge is -2.45. The number of piperidine rings is 2. The first-order valence-electron chi connectivity index (χ1n) is 10.8. The molecule has 2 rings (SSSR count). The van der Waals surface area contributed by atoms with E-state index in [2.05, 4.69) is 27.5 Å². The summed E-state index contributed by atoms with van der Waals surface area (Å²) >= 11 is 0. The Morgan fingerprint density at radius 1 is 1.17 bits per heavy atom. The van der Waals surface area contributed by atoms with Crippen LogP contribution in [0.25, 0.3) is 0 Å². The van der Waals surface area contributed by atoms with E-state index in [0.717, 1.165) is 25.9 Å². The molecule has 9 nitrogen and oxygen atoms in total. The highest BCUT2D eigenvalue weighted by atomic mass is 16.5. The molecule has 30 heavy (non-hydrogen) atoms. The van der Waals surface area contributed by atoms with Crippen LogP contribution in [0.15, 0.2) is 0 Å². The third-order valence-corrected chi connectivity index (χ3v) is 6.19. The quantitative estimate of drug-likeness (QED) is 0.540. The summed E-state index contributed by atoms with van der Waals surface area (Å²) < 4.78 is 4.95. The van der Waals surface area contributed by atoms with E-state index in [1.807, 2.05) is 0 Å². The molecule has 2 fully saturated rings. The van der Waals surface area contributed by atoms with Gasteiger partial charge in [0.2, 0.25) is 5.91 Å². The van der Waals surface area contributed by atoms with Gasteiger partial charge in [-0.3, -0.25) is 14.4 Å². The van der Waals surface area contributed by atoms with Crippen molar-refractivity contribution in [3.8, 4) is 6.26 Å². The Bertz CT molecular complexity index is 659. The van der Waals surface area contributed by atoms with Crippen LogP contribution >= 0.6 is 0 Å². The van der Waals surface area contributed by atoms with Gasteiger partial charge in [-0.1, -0.05) is 13.8 Å². The lowest BCUT2D eigenvalue weighted by molar-refractivity contribution is -0.141. The number of hydrogen-bond acceptors (Lipinski definition) is 7. The van der Waals surface area contributed by atoms with E-state index in [1.54, 1.807) is 20.1 Å². The fourth-order valence-electron chi connectivity index (χ4n) is 4.27. The summed E-state index contributed by atoms with van der Waals surface area (Å²) in [5.41, 5.74) is -1.11. The molecule has 0 radical (unpaired) electrons. The molecule has 2 heterocycles. The van der Waals surface area contributed by atoms with Crippen LogP contribution in [0.4, 0.5) is 0 Å². The van der Waals surface area contributed by atoms with Crippen molar-refractivity contribution in [2.75, 3.05) is 39.8 Å². The minimum Gasteiger partial charge on any atom is -0.414 e. The molecule has 0 aromatic carbocycles. The highest BCUT2D eigenvalue weighted by Gasteiger charge is 2.45. The lowest BCUT2D eigenvalue weighted by Crippen LogP contribution is -2.66. The number of ether oxygens (including phenoxy) is 1. The second-order valence-electron chi connectivity index (χ2n) is 8.90. The molecule has 0 spiro atoms. The van der Waals surface area contributed by atoms with E-state index >= 15 is 0 Å². The number of likely N-dealkylation sites (tertiary alicyclic amines) is 2. The van der Waals surface area contributed by atoms with Crippen LogP contribution in [0.1, 0.15) is 46.5 Å². The van der Waals surface area contributed by atoms with Crippen molar-refractivity contribution in [1.82, 2.24) is 20.4 Å². The summed E-state index contributed by atoms with van der Waals surface area (Å²) in [5, 5.41) is 14.4. The third kappa shape index (κ3) is 6.16. The average Bonchev–Trinajstić information content (AvgIpc) is 2.71. The van der Waals surface area contributed by atoms with Crippen LogP contribution in [0, 0.1) is 17.4 Å². The molecule has 168 valence electrons. The Kier molecular flexibility index (Phi) is 8.62. The topological polar surface area (TPSA) is 115 Å². The van der Waals surface area contributed by atoms with E-state index in [0.29, 0.717) is 32.0 Å². The van der Waals surface area contributed by atoms with Crippen LogP contribution in [0.2, 0.25) is 0 Å². The van der Waals surface area contributed by atoms with Crippen LogP contribution in [-0.2, 0) is 19.1 Å². The standard InChI is InChI=1S/C21H35N5O4/c1-15(2)18(30-14-22)19(28)24-21(20(29)23-13-16(3)27)7-11-26(12-8-21)17-5-9-25(4)10-6-17/h15,17-18H,5-13H2,1-4H3,(H,23,29)(H,24,28). The van der Waals surface area contributed by atoms with Gasteiger partial charge in [-0.25, -0.2) is 0 Å². The van der Waals surface area contributed by atoms with Crippen LogP contribution in [0.3, 0.4) is 0 Å². The van der Waals surface area contributed by atoms with Gasteiger partial charge in [0, 0.05) is 25.0 Å². The molecular weight excluding hydrogens is 386 g/mol. The van der Waals surface area contributed by atoms with Crippen molar-refractivity contribution in [1.29, 1.82) is 5.26 Å². The number of Topliss-reactive ketones (excluding diaryl/α,β-unsaturated/α-hetero) is 1. The number of carbonyl (C=O) groups excluding carboxylic acids is 3. The second kappa shape index (κ2) is 10.7. The predicted octanol–water partition coefficient (Wildman–Crippen LogP) is 0.259. The molecule has 2 saturated heterocycles. The number of hydrogen-bond donors (Lipinski definition) is 2. The average molecular weight is 422 g/mol. The maximum Gasteiger partial charge on any atom is 0.287 e. The Hall–Kier alpha value is -2.18. The minimum absolute atomic E-state index is 0.0720. The van der Waals surface area contributed by atoms with E-state index in [9.17, 15) is 14.4 Å². The van der Waals surface area contributed by atoms with Gasteiger partial charge in [0.15, 0.2) is 6.10 Å². The van der Waals surface area contributed by atoms with E-state index in [-0.39, 0.29) is 24.2 Å². The van der Waals surface area contributed by atoms with Gasteiger partial charge in [-0.15, -0.1) is 0 Å². The summed E-state index contributed by atoms with van der Waals surface area (Å²) in [6.45, 7) is 8.40. The van der Waals surface area contributed by atoms with E-state index in [4.69, 9.17) is 10.00 Å². The van der Waals surface area contributed by atoms with Crippen molar-refractivity contribution in [3.05, 3.63) is 0 Å². The molecule has 0 aromatic heterocycles. The summed E-state index contributed by atoms with van der Waals surface area (Å²) in [4.78, 5) is 42.0. The SMILES string of the molecule is CC(=O)CNC(=O)C1(NC(=O)C(OC#N)C(C)C)CCN(C2CCN(C)CC2)CC1. The van der Waals surface area contributed by atoms with Gasteiger partial charge in [0.25, 0.3) is 12.2 Å². The molecule has 2 aliphatic heterocycles. The van der Waals surface area contributed by atoms with Crippen molar-refractivity contribution in [3.63, 3.8) is 0 Å².